The third-order valence-electron chi connectivity index (χ3n) is 3.40. The standard InChI is InChI=1S/C16H22ClNO2/c1-4-13(19-6-3)15(18-5-2)14-10-11-8-7-9-12(17)16(11)20-14/h7-10,13,15,18H,4-6H2,1-3H3. The number of likely N-dealkylation sites (N-methyl/N-ethyl adjacent to an activating group) is 1. The maximum Gasteiger partial charge on any atom is 0.152 e. The Balaban J connectivity index is 2.37. The van der Waals surface area contributed by atoms with Crippen LogP contribution in [0.2, 0.25) is 5.02 Å². The molecule has 0 saturated carbocycles. The van der Waals surface area contributed by atoms with Crippen molar-refractivity contribution in [3.05, 3.63) is 35.0 Å². The summed E-state index contributed by atoms with van der Waals surface area (Å²) >= 11 is 6.18. The maximum absolute atomic E-state index is 6.18. The van der Waals surface area contributed by atoms with Gasteiger partial charge in [0.2, 0.25) is 0 Å². The predicted octanol–water partition coefficient (Wildman–Crippen LogP) is 4.55. The van der Waals surface area contributed by atoms with E-state index in [1.54, 1.807) is 0 Å². The zero-order chi connectivity index (χ0) is 14.5. The summed E-state index contributed by atoms with van der Waals surface area (Å²) in [6, 6.07) is 7.90. The first kappa shape index (κ1) is 15.4. The minimum atomic E-state index is 0.0495. The van der Waals surface area contributed by atoms with Crippen LogP contribution >= 0.6 is 11.6 Å². The average Bonchev–Trinajstić information content (AvgIpc) is 2.88. The summed E-state index contributed by atoms with van der Waals surface area (Å²) in [4.78, 5) is 0. The van der Waals surface area contributed by atoms with Crippen LogP contribution in [0.4, 0.5) is 0 Å². The lowest BCUT2D eigenvalue weighted by atomic mass is 10.1. The Morgan fingerprint density at radius 1 is 1.30 bits per heavy atom. The lowest BCUT2D eigenvalue weighted by Crippen LogP contribution is -2.33. The van der Waals surface area contributed by atoms with Crippen molar-refractivity contribution in [2.75, 3.05) is 13.2 Å². The van der Waals surface area contributed by atoms with Crippen molar-refractivity contribution < 1.29 is 9.15 Å². The molecule has 0 aliphatic carbocycles. The molecule has 1 aromatic carbocycles. The van der Waals surface area contributed by atoms with Gasteiger partial charge in [-0.05, 0) is 32.0 Å². The predicted molar refractivity (Wildman–Crippen MR) is 83.3 cm³/mol. The Hall–Kier alpha value is -1.03. The van der Waals surface area contributed by atoms with Gasteiger partial charge in [-0.15, -0.1) is 0 Å². The number of nitrogens with one attached hydrogen (secondary N) is 1. The molecule has 2 rings (SSSR count). The first-order valence-electron chi connectivity index (χ1n) is 7.24. The fraction of sp³-hybridized carbons (Fsp3) is 0.500. The highest BCUT2D eigenvalue weighted by Crippen LogP contribution is 2.31. The van der Waals surface area contributed by atoms with Crippen molar-refractivity contribution >= 4 is 22.6 Å². The zero-order valence-corrected chi connectivity index (χ0v) is 13.0. The van der Waals surface area contributed by atoms with Gasteiger partial charge in [0.1, 0.15) is 5.76 Å². The molecule has 0 bridgehead atoms. The molecule has 0 saturated heterocycles. The minimum Gasteiger partial charge on any atom is -0.458 e. The molecule has 3 nitrogen and oxygen atoms in total. The summed E-state index contributed by atoms with van der Waals surface area (Å²) in [5.74, 6) is 0.884. The van der Waals surface area contributed by atoms with E-state index < -0.39 is 0 Å². The number of halogens is 1. The van der Waals surface area contributed by atoms with Crippen LogP contribution in [-0.2, 0) is 4.74 Å². The van der Waals surface area contributed by atoms with Gasteiger partial charge in [-0.2, -0.15) is 0 Å². The molecule has 0 radical (unpaired) electrons. The largest absolute Gasteiger partial charge is 0.458 e. The number of rotatable bonds is 7. The normalized spacial score (nSPS) is 14.6. The summed E-state index contributed by atoms with van der Waals surface area (Å²) in [6.07, 6.45) is 1.02. The lowest BCUT2D eigenvalue weighted by Gasteiger charge is -2.25. The van der Waals surface area contributed by atoms with E-state index in [-0.39, 0.29) is 12.1 Å². The van der Waals surface area contributed by atoms with E-state index in [9.17, 15) is 0 Å². The van der Waals surface area contributed by atoms with Crippen molar-refractivity contribution in [3.8, 4) is 0 Å². The third kappa shape index (κ3) is 3.17. The van der Waals surface area contributed by atoms with E-state index in [4.69, 9.17) is 20.8 Å². The summed E-state index contributed by atoms with van der Waals surface area (Å²) in [7, 11) is 0. The molecule has 2 atom stereocenters. The number of ether oxygens (including phenoxy) is 1. The van der Waals surface area contributed by atoms with Gasteiger partial charge in [-0.25, -0.2) is 0 Å². The molecule has 1 N–H and O–H groups in total. The van der Waals surface area contributed by atoms with Crippen LogP contribution in [0.15, 0.2) is 28.7 Å². The molecule has 4 heteroatoms. The van der Waals surface area contributed by atoms with Crippen LogP contribution in [0, 0.1) is 0 Å². The highest BCUT2D eigenvalue weighted by atomic mass is 35.5. The van der Waals surface area contributed by atoms with E-state index in [2.05, 4.69) is 25.2 Å². The molecule has 2 aromatic rings. The summed E-state index contributed by atoms with van der Waals surface area (Å²) in [6.45, 7) is 7.78. The van der Waals surface area contributed by atoms with E-state index in [0.29, 0.717) is 11.6 Å². The third-order valence-corrected chi connectivity index (χ3v) is 3.70. The smallest absolute Gasteiger partial charge is 0.152 e. The second-order valence-electron chi connectivity index (χ2n) is 4.74. The number of furan rings is 1. The second-order valence-corrected chi connectivity index (χ2v) is 5.15. The Kier molecular flexibility index (Phi) is 5.46. The Bertz CT molecular complexity index is 552. The van der Waals surface area contributed by atoms with Crippen LogP contribution in [0.1, 0.15) is 39.0 Å². The van der Waals surface area contributed by atoms with Gasteiger partial charge in [-0.1, -0.05) is 37.6 Å². The molecule has 2 unspecified atom stereocenters. The number of para-hydroxylation sites is 1. The monoisotopic (exact) mass is 295 g/mol. The van der Waals surface area contributed by atoms with E-state index in [0.717, 1.165) is 29.7 Å². The molecule has 0 fully saturated rings. The number of benzene rings is 1. The van der Waals surface area contributed by atoms with Gasteiger partial charge in [-0.3, -0.25) is 0 Å². The van der Waals surface area contributed by atoms with Crippen molar-refractivity contribution in [2.24, 2.45) is 0 Å². The van der Waals surface area contributed by atoms with Crippen LogP contribution in [-0.4, -0.2) is 19.3 Å². The number of hydrogen-bond acceptors (Lipinski definition) is 3. The molecule has 1 heterocycles. The number of fused-ring (bicyclic) bond motifs is 1. The van der Waals surface area contributed by atoms with Crippen molar-refractivity contribution in [1.82, 2.24) is 5.32 Å². The van der Waals surface area contributed by atoms with E-state index >= 15 is 0 Å². The first-order valence-corrected chi connectivity index (χ1v) is 7.61. The molecule has 1 aromatic heterocycles. The molecule has 0 amide bonds. The molecular weight excluding hydrogens is 274 g/mol. The second kappa shape index (κ2) is 7.11. The van der Waals surface area contributed by atoms with Crippen LogP contribution in [0.5, 0.6) is 0 Å². The Labute approximate surface area is 125 Å². The molecular formula is C16H22ClNO2. The number of hydrogen-bond donors (Lipinski definition) is 1. The quantitative estimate of drug-likeness (QED) is 0.813. The minimum absolute atomic E-state index is 0.0495. The SMILES string of the molecule is CCNC(c1cc2cccc(Cl)c2o1)C(CC)OCC. The topological polar surface area (TPSA) is 34.4 Å². The fourth-order valence-corrected chi connectivity index (χ4v) is 2.72. The van der Waals surface area contributed by atoms with Crippen molar-refractivity contribution in [2.45, 2.75) is 39.3 Å². The van der Waals surface area contributed by atoms with Gasteiger partial charge >= 0.3 is 0 Å². The Morgan fingerprint density at radius 2 is 2.10 bits per heavy atom. The van der Waals surface area contributed by atoms with Crippen molar-refractivity contribution in [3.63, 3.8) is 0 Å². The van der Waals surface area contributed by atoms with Gasteiger partial charge < -0.3 is 14.5 Å². The van der Waals surface area contributed by atoms with Gasteiger partial charge in [0, 0.05) is 12.0 Å². The van der Waals surface area contributed by atoms with Gasteiger partial charge in [0.05, 0.1) is 17.2 Å². The summed E-state index contributed by atoms with van der Waals surface area (Å²) in [5, 5.41) is 5.13. The Morgan fingerprint density at radius 3 is 2.70 bits per heavy atom. The molecule has 0 spiro atoms. The van der Waals surface area contributed by atoms with Gasteiger partial charge in [0.15, 0.2) is 5.58 Å². The van der Waals surface area contributed by atoms with Crippen LogP contribution in [0.25, 0.3) is 11.0 Å². The van der Waals surface area contributed by atoms with Crippen LogP contribution < -0.4 is 5.32 Å². The molecule has 0 aliphatic rings. The zero-order valence-electron chi connectivity index (χ0n) is 12.3. The van der Waals surface area contributed by atoms with Crippen LogP contribution in [0.3, 0.4) is 0 Å². The lowest BCUT2D eigenvalue weighted by molar-refractivity contribution is 0.0267. The average molecular weight is 296 g/mol. The van der Waals surface area contributed by atoms with Crippen molar-refractivity contribution in [1.29, 1.82) is 0 Å². The summed E-state index contributed by atoms with van der Waals surface area (Å²) < 4.78 is 11.8. The molecule has 110 valence electrons. The van der Waals surface area contributed by atoms with E-state index in [1.807, 2.05) is 25.1 Å². The first-order chi connectivity index (χ1) is 9.71. The highest BCUT2D eigenvalue weighted by molar-refractivity contribution is 6.34. The van der Waals surface area contributed by atoms with E-state index in [1.165, 1.54) is 0 Å². The highest BCUT2D eigenvalue weighted by Gasteiger charge is 2.25. The maximum atomic E-state index is 6.18. The van der Waals surface area contributed by atoms with Gasteiger partial charge in [0.25, 0.3) is 0 Å². The summed E-state index contributed by atoms with van der Waals surface area (Å²) in [5.41, 5.74) is 0.749. The fourth-order valence-electron chi connectivity index (χ4n) is 2.50. The molecule has 0 aliphatic heterocycles. The molecule has 20 heavy (non-hydrogen) atoms.